The lowest BCUT2D eigenvalue weighted by atomic mass is 9.95. The van der Waals surface area contributed by atoms with Crippen molar-refractivity contribution in [2.75, 3.05) is 95.5 Å². The van der Waals surface area contributed by atoms with Gasteiger partial charge in [-0.1, -0.05) is 0 Å². The number of methoxy groups -OCH3 is 6. The van der Waals surface area contributed by atoms with E-state index in [2.05, 4.69) is 46.5 Å². The van der Waals surface area contributed by atoms with Gasteiger partial charge < -0.3 is 72.1 Å². The standard InChI is InChI=1S/2C12H23O8P.C10H19O8P.C6H13O6P.C5H11O6P/c1-11(2,9(13)17-5)7-19-21(15,16)20-8-12(3,4)10(14)18-6;1-5-17-11(13)7-9(3)19-21(15,16)20-10(4)8-12(14)18-6-2;1-7(9(11)15-3)5-17-19(13,14)18-6-8(2)10(12)16-4;1-6(2,5(7)11-3)4-12-13(8,9)10;1-4(5(6)10-2)3-11-12(7,8)9/h7-8H2,1-6H3,(H,15,16);9-10H,5-8H2,1-4H3,(H,15,16);7-8H,5-6H2,1-4H3,(H,13,14);4H2,1-3H3,(H2,8,9,10);4H,3H2,1-2H3,(H2,7,8,9). The molecule has 5 atom stereocenters. The third kappa shape index (κ3) is 49.2. The van der Waals surface area contributed by atoms with Crippen molar-refractivity contribution < 1.29 is 170 Å². The molecular formula is C45H89O36P5. The second kappa shape index (κ2) is 43.9. The van der Waals surface area contributed by atoms with Gasteiger partial charge in [0.1, 0.15) is 0 Å². The molecule has 0 radical (unpaired) electrons. The van der Waals surface area contributed by atoms with Gasteiger partial charge in [0.25, 0.3) is 0 Å². The van der Waals surface area contributed by atoms with Gasteiger partial charge in [-0.3, -0.25) is 74.5 Å². The first kappa shape index (κ1) is 91.0. The second-order valence-corrected chi connectivity index (χ2v) is 26.1. The van der Waals surface area contributed by atoms with Crippen LogP contribution in [0.15, 0.2) is 0 Å². The van der Waals surface area contributed by atoms with E-state index in [1.165, 1.54) is 119 Å². The third-order valence-corrected chi connectivity index (χ3v) is 13.5. The van der Waals surface area contributed by atoms with Crippen LogP contribution in [0, 0.1) is 34.0 Å². The molecule has 0 aromatic heterocycles. The number of phosphoric ester groups is 5. The fourth-order valence-corrected chi connectivity index (χ4v) is 8.67. The normalized spacial score (nSPS) is 14.9. The molecular weight excluding hydrogens is 1270 g/mol. The van der Waals surface area contributed by atoms with Crippen LogP contribution in [0.3, 0.4) is 0 Å². The summed E-state index contributed by atoms with van der Waals surface area (Å²) < 4.78 is 128. The van der Waals surface area contributed by atoms with Gasteiger partial charge in [-0.25, -0.2) is 22.8 Å². The van der Waals surface area contributed by atoms with E-state index in [0.29, 0.717) is 0 Å². The molecule has 0 heterocycles. The molecule has 0 aromatic rings. The summed E-state index contributed by atoms with van der Waals surface area (Å²) in [6.07, 6.45) is -2.05. The Morgan fingerprint density at radius 3 is 0.849 bits per heavy atom. The number of ether oxygens (including phenoxy) is 8. The smallest absolute Gasteiger partial charge is 0.469 e. The Morgan fingerprint density at radius 2 is 0.616 bits per heavy atom. The third-order valence-electron chi connectivity index (χ3n) is 9.41. The predicted molar refractivity (Wildman–Crippen MR) is 294 cm³/mol. The number of carbonyl (C=O) groups excluding carboxylic acids is 8. The van der Waals surface area contributed by atoms with Crippen molar-refractivity contribution in [2.24, 2.45) is 34.0 Å². The van der Waals surface area contributed by atoms with Gasteiger partial charge in [0, 0.05) is 0 Å². The van der Waals surface area contributed by atoms with Gasteiger partial charge in [-0.05, 0) is 90.0 Å². The largest absolute Gasteiger partial charge is 0.472 e. The summed E-state index contributed by atoms with van der Waals surface area (Å²) >= 11 is 0. The van der Waals surface area contributed by atoms with Crippen molar-refractivity contribution >= 4 is 86.9 Å². The van der Waals surface area contributed by atoms with Crippen molar-refractivity contribution in [1.82, 2.24) is 0 Å². The molecule has 36 nitrogen and oxygen atoms in total. The van der Waals surface area contributed by atoms with Crippen molar-refractivity contribution in [3.05, 3.63) is 0 Å². The molecule has 7 N–H and O–H groups in total. The molecule has 0 amide bonds. The van der Waals surface area contributed by atoms with Crippen LogP contribution in [0.25, 0.3) is 0 Å². The Balaban J connectivity index is -0.000000323. The lowest BCUT2D eigenvalue weighted by Crippen LogP contribution is -2.32. The van der Waals surface area contributed by atoms with Crippen molar-refractivity contribution in [2.45, 2.75) is 115 Å². The molecule has 510 valence electrons. The van der Waals surface area contributed by atoms with E-state index in [9.17, 15) is 75.9 Å². The van der Waals surface area contributed by atoms with Gasteiger partial charge >= 0.3 is 86.9 Å². The molecule has 0 rings (SSSR count). The van der Waals surface area contributed by atoms with Crippen molar-refractivity contribution in [3.8, 4) is 0 Å². The maximum Gasteiger partial charge on any atom is 0.472 e. The number of rotatable bonds is 34. The topological polar surface area (TPSA) is 511 Å². The van der Waals surface area contributed by atoms with E-state index in [1.807, 2.05) is 0 Å². The van der Waals surface area contributed by atoms with Crippen LogP contribution in [-0.2, 0) is 135 Å². The number of esters is 8. The van der Waals surface area contributed by atoms with Crippen molar-refractivity contribution in [3.63, 3.8) is 0 Å². The zero-order valence-electron chi connectivity index (χ0n) is 51.7. The number of carbonyl (C=O) groups is 8. The molecule has 41 heteroatoms. The second-order valence-electron chi connectivity index (χ2n) is 19.3. The Kier molecular flexibility index (Phi) is 46.5. The summed E-state index contributed by atoms with van der Waals surface area (Å²) in [6, 6.07) is 0. The molecule has 0 saturated carbocycles. The van der Waals surface area contributed by atoms with E-state index >= 15 is 0 Å². The highest BCUT2D eigenvalue weighted by Crippen LogP contribution is 2.48. The lowest BCUT2D eigenvalue weighted by Gasteiger charge is -2.25. The number of hydrogen-bond donors (Lipinski definition) is 7. The monoisotopic (exact) mass is 1360 g/mol. The highest BCUT2D eigenvalue weighted by Gasteiger charge is 2.38. The SMILES string of the molecule is CCOC(=O)CC(C)OP(=O)(O)OC(C)CC(=O)OCC.COC(=O)C(C)(C)COP(=O)(O)O.COC(=O)C(C)(C)COP(=O)(O)OCC(C)(C)C(=O)OC.COC(=O)C(C)COP(=O)(O)O.COC(=O)C(C)COP(=O)(O)OCC(C)C(=O)OC. The minimum atomic E-state index is -4.52. The summed E-state index contributed by atoms with van der Waals surface area (Å²) in [5, 5.41) is 0. The number of phosphoric acid groups is 5. The Bertz CT molecular complexity index is 2210. The van der Waals surface area contributed by atoms with E-state index in [0.717, 1.165) is 0 Å². The first-order chi connectivity index (χ1) is 38.9. The molecule has 0 aliphatic carbocycles. The van der Waals surface area contributed by atoms with Crippen molar-refractivity contribution in [1.29, 1.82) is 0 Å². The zero-order chi connectivity index (χ0) is 68.9. The van der Waals surface area contributed by atoms with Crippen LogP contribution in [0.5, 0.6) is 0 Å². The average Bonchev–Trinajstić information content (AvgIpc) is 3.58. The molecule has 5 unspecified atom stereocenters. The van der Waals surface area contributed by atoms with Gasteiger partial charge in [-0.15, -0.1) is 0 Å². The van der Waals surface area contributed by atoms with Crippen LogP contribution < -0.4 is 0 Å². The summed E-state index contributed by atoms with van der Waals surface area (Å²) in [5.74, 6) is -6.61. The van der Waals surface area contributed by atoms with Gasteiger partial charge in [-0.2, -0.15) is 0 Å². The average molecular weight is 1360 g/mol. The van der Waals surface area contributed by atoms with Crippen LogP contribution in [-0.4, -0.2) is 190 Å². The quantitative estimate of drug-likeness (QED) is 0.0269. The summed E-state index contributed by atoms with van der Waals surface area (Å²) in [5.41, 5.74) is -3.27. The predicted octanol–water partition coefficient (Wildman–Crippen LogP) is 4.26. The Labute approximate surface area is 499 Å². The maximum absolute atomic E-state index is 11.7. The van der Waals surface area contributed by atoms with Crippen LogP contribution in [0.4, 0.5) is 0 Å². The van der Waals surface area contributed by atoms with E-state index in [4.69, 9.17) is 47.1 Å². The molecule has 0 aliphatic heterocycles. The molecule has 0 spiro atoms. The number of hydrogen-bond acceptors (Lipinski definition) is 29. The minimum absolute atomic E-state index is 0.173. The van der Waals surface area contributed by atoms with Crippen LogP contribution in [0.1, 0.15) is 103 Å². The summed E-state index contributed by atoms with van der Waals surface area (Å²) in [7, 11) is -14.9. The molecule has 0 aliphatic rings. The molecule has 0 fully saturated rings. The lowest BCUT2D eigenvalue weighted by molar-refractivity contribution is -0.154. The molecule has 0 aromatic carbocycles. The first-order valence-electron chi connectivity index (χ1n) is 25.0. The maximum atomic E-state index is 11.7. The molecule has 0 bridgehead atoms. The molecule has 86 heavy (non-hydrogen) atoms. The van der Waals surface area contributed by atoms with E-state index < -0.39 is 133 Å². The van der Waals surface area contributed by atoms with Gasteiger partial charge in [0.15, 0.2) is 0 Å². The highest BCUT2D eigenvalue weighted by molar-refractivity contribution is 7.48. The molecule has 0 saturated heterocycles. The first-order valence-corrected chi connectivity index (χ1v) is 32.5. The van der Waals surface area contributed by atoms with Crippen LogP contribution in [0.2, 0.25) is 0 Å². The zero-order valence-corrected chi connectivity index (χ0v) is 56.1. The highest BCUT2D eigenvalue weighted by atomic mass is 31.2. The van der Waals surface area contributed by atoms with E-state index in [-0.39, 0.29) is 65.7 Å². The minimum Gasteiger partial charge on any atom is -0.469 e. The fourth-order valence-electron chi connectivity index (χ4n) is 4.70. The fraction of sp³-hybridized carbons (Fsp3) is 0.822. The van der Waals surface area contributed by atoms with E-state index in [1.54, 1.807) is 13.8 Å². The summed E-state index contributed by atoms with van der Waals surface area (Å²) in [6.45, 7) is 17.8. The van der Waals surface area contributed by atoms with Gasteiger partial charge in [0.05, 0.1) is 155 Å². The van der Waals surface area contributed by atoms with Gasteiger partial charge in [0.2, 0.25) is 0 Å². The van der Waals surface area contributed by atoms with Crippen LogP contribution >= 0.6 is 39.1 Å². The Morgan fingerprint density at radius 1 is 0.372 bits per heavy atom. The Hall–Kier alpha value is -3.69. The summed E-state index contributed by atoms with van der Waals surface area (Å²) in [4.78, 5) is 151.